The molecule has 0 aliphatic carbocycles. The van der Waals surface area contributed by atoms with Crippen LogP contribution in [0.3, 0.4) is 0 Å². The number of ether oxygens (including phenoxy) is 2. The highest BCUT2D eigenvalue weighted by Gasteiger charge is 2.14. The van der Waals surface area contributed by atoms with E-state index in [-0.39, 0.29) is 5.78 Å². The zero-order valence-electron chi connectivity index (χ0n) is 23.5. The number of ketones is 1. The molecule has 35 heavy (non-hydrogen) atoms. The zero-order valence-corrected chi connectivity index (χ0v) is 23.5. The van der Waals surface area contributed by atoms with E-state index < -0.39 is 0 Å². The summed E-state index contributed by atoms with van der Waals surface area (Å²) in [7, 11) is 0. The molecule has 0 heterocycles. The van der Waals surface area contributed by atoms with Crippen LogP contribution in [0.5, 0.6) is 11.5 Å². The molecule has 1 aromatic carbocycles. The Hall–Kier alpha value is -1.51. The first-order chi connectivity index (χ1) is 17.2. The third kappa shape index (κ3) is 16.7. The molecule has 3 heteroatoms. The third-order valence-electron chi connectivity index (χ3n) is 6.78. The average molecular weight is 489 g/mol. The molecule has 0 bridgehead atoms. The van der Waals surface area contributed by atoms with Gasteiger partial charge in [-0.1, -0.05) is 124 Å². The van der Waals surface area contributed by atoms with Crippen LogP contribution in [0.15, 0.2) is 18.2 Å². The molecule has 0 amide bonds. The van der Waals surface area contributed by atoms with E-state index in [0.717, 1.165) is 43.6 Å². The summed E-state index contributed by atoms with van der Waals surface area (Å²) in [4.78, 5) is 13.0. The number of carbonyl (C=O) groups excluding carboxylic acids is 1. The largest absolute Gasteiger partial charge is 0.493 e. The van der Waals surface area contributed by atoms with Crippen molar-refractivity contribution in [1.82, 2.24) is 0 Å². The van der Waals surface area contributed by atoms with Crippen molar-refractivity contribution in [3.05, 3.63) is 23.8 Å². The molecule has 0 aliphatic heterocycles. The quantitative estimate of drug-likeness (QED) is 0.101. The summed E-state index contributed by atoms with van der Waals surface area (Å²) >= 11 is 0. The normalized spacial score (nSPS) is 11.1. The Kier molecular flexibility index (Phi) is 20.6. The first-order valence-corrected chi connectivity index (χ1v) is 15.2. The maximum Gasteiger partial charge on any atom is 0.166 e. The van der Waals surface area contributed by atoms with E-state index in [0.29, 0.717) is 18.8 Å². The van der Waals surface area contributed by atoms with Crippen LogP contribution in [0.1, 0.15) is 160 Å². The second-order valence-corrected chi connectivity index (χ2v) is 10.2. The van der Waals surface area contributed by atoms with E-state index >= 15 is 0 Å². The minimum absolute atomic E-state index is 0.207. The molecule has 0 saturated heterocycles. The maximum atomic E-state index is 13.0. The number of carbonyl (C=O) groups is 1. The van der Waals surface area contributed by atoms with Crippen LogP contribution in [0.2, 0.25) is 0 Å². The minimum Gasteiger partial charge on any atom is -0.493 e. The lowest BCUT2D eigenvalue weighted by molar-refractivity contribution is 0.0975. The van der Waals surface area contributed by atoms with Crippen molar-refractivity contribution >= 4 is 5.78 Å². The Morgan fingerprint density at radius 3 is 1.57 bits per heavy atom. The molecule has 0 fully saturated rings. The summed E-state index contributed by atoms with van der Waals surface area (Å²) in [5.41, 5.74) is 0.730. The van der Waals surface area contributed by atoms with Crippen molar-refractivity contribution in [1.29, 1.82) is 0 Å². The molecular formula is C32H56O3. The number of rotatable bonds is 25. The van der Waals surface area contributed by atoms with Crippen LogP contribution >= 0.6 is 0 Å². The van der Waals surface area contributed by atoms with Crippen LogP contribution in [0, 0.1) is 0 Å². The van der Waals surface area contributed by atoms with Crippen LogP contribution in [-0.4, -0.2) is 19.0 Å². The number of Topliss-reactive ketones (excluding diaryl/α,β-unsaturated/α-hetero) is 1. The van der Waals surface area contributed by atoms with Gasteiger partial charge in [0, 0.05) is 12.5 Å². The monoisotopic (exact) mass is 488 g/mol. The molecule has 0 unspecified atom stereocenters. The molecule has 1 rings (SSSR count). The second-order valence-electron chi connectivity index (χ2n) is 10.2. The second kappa shape index (κ2) is 22.9. The fourth-order valence-electron chi connectivity index (χ4n) is 4.46. The van der Waals surface area contributed by atoms with Gasteiger partial charge in [0.05, 0.1) is 18.8 Å². The highest BCUT2D eigenvalue weighted by atomic mass is 16.5. The summed E-state index contributed by atoms with van der Waals surface area (Å²) in [5, 5.41) is 0. The first kappa shape index (κ1) is 31.5. The van der Waals surface area contributed by atoms with Crippen LogP contribution < -0.4 is 9.47 Å². The Balaban J connectivity index is 2.54. The van der Waals surface area contributed by atoms with E-state index in [1.54, 1.807) is 0 Å². The van der Waals surface area contributed by atoms with Gasteiger partial charge < -0.3 is 9.47 Å². The predicted octanol–water partition coefficient (Wildman–Crippen LogP) is 10.5. The minimum atomic E-state index is 0.207. The summed E-state index contributed by atoms with van der Waals surface area (Å²) in [6, 6.07) is 5.83. The van der Waals surface area contributed by atoms with Gasteiger partial charge in [0.15, 0.2) is 5.78 Å². The van der Waals surface area contributed by atoms with Crippen molar-refractivity contribution in [2.24, 2.45) is 0 Å². The lowest BCUT2D eigenvalue weighted by Gasteiger charge is -2.14. The van der Waals surface area contributed by atoms with Crippen molar-refractivity contribution < 1.29 is 14.3 Å². The number of unbranched alkanes of at least 4 members (excludes halogenated alkanes) is 16. The molecule has 0 saturated carbocycles. The van der Waals surface area contributed by atoms with Crippen LogP contribution in [0.4, 0.5) is 0 Å². The zero-order chi connectivity index (χ0) is 25.4. The van der Waals surface area contributed by atoms with Gasteiger partial charge in [-0.25, -0.2) is 0 Å². The van der Waals surface area contributed by atoms with Crippen molar-refractivity contribution in [2.75, 3.05) is 13.2 Å². The van der Waals surface area contributed by atoms with E-state index in [9.17, 15) is 4.79 Å². The molecule has 0 atom stereocenters. The number of benzene rings is 1. The van der Waals surface area contributed by atoms with E-state index in [1.165, 1.54) is 96.3 Å². The number of hydrogen-bond donors (Lipinski definition) is 0. The Labute approximate surface area is 217 Å². The fraction of sp³-hybridized carbons (Fsp3) is 0.781. The molecule has 0 radical (unpaired) electrons. The summed E-state index contributed by atoms with van der Waals surface area (Å²) in [6.45, 7) is 8.14. The van der Waals surface area contributed by atoms with Crippen LogP contribution in [-0.2, 0) is 0 Å². The number of hydrogen-bond acceptors (Lipinski definition) is 3. The van der Waals surface area contributed by atoms with Crippen molar-refractivity contribution in [3.8, 4) is 11.5 Å². The van der Waals surface area contributed by atoms with Gasteiger partial charge in [0.1, 0.15) is 11.5 Å². The summed E-state index contributed by atoms with van der Waals surface area (Å²) < 4.78 is 12.2. The molecule has 0 aromatic heterocycles. The molecule has 0 spiro atoms. The molecule has 0 N–H and O–H groups in total. The smallest absolute Gasteiger partial charge is 0.166 e. The summed E-state index contributed by atoms with van der Waals surface area (Å²) in [6.07, 6.45) is 24.1. The summed E-state index contributed by atoms with van der Waals surface area (Å²) in [5.74, 6) is 1.75. The van der Waals surface area contributed by atoms with Gasteiger partial charge in [-0.15, -0.1) is 0 Å². The van der Waals surface area contributed by atoms with Gasteiger partial charge in [-0.05, 0) is 31.4 Å². The van der Waals surface area contributed by atoms with E-state index in [2.05, 4.69) is 20.8 Å². The van der Waals surface area contributed by atoms with Crippen molar-refractivity contribution in [2.45, 2.75) is 149 Å². The van der Waals surface area contributed by atoms with Gasteiger partial charge >= 0.3 is 0 Å². The molecule has 1 aromatic rings. The highest BCUT2D eigenvalue weighted by molar-refractivity contribution is 5.98. The molecule has 0 aliphatic rings. The topological polar surface area (TPSA) is 35.5 Å². The fourth-order valence-corrected chi connectivity index (χ4v) is 4.46. The van der Waals surface area contributed by atoms with E-state index in [4.69, 9.17) is 9.47 Å². The third-order valence-corrected chi connectivity index (χ3v) is 6.78. The molecule has 3 nitrogen and oxygen atoms in total. The molecule has 202 valence electrons. The van der Waals surface area contributed by atoms with Gasteiger partial charge in [0.2, 0.25) is 0 Å². The van der Waals surface area contributed by atoms with E-state index in [1.807, 2.05) is 18.2 Å². The van der Waals surface area contributed by atoms with Gasteiger partial charge in [-0.3, -0.25) is 4.79 Å². The SMILES string of the molecule is CCCCCCCCCC(=O)c1ccc(OCCCCCCCC)cc1OCCCCCCCC. The van der Waals surface area contributed by atoms with Gasteiger partial charge in [-0.2, -0.15) is 0 Å². The predicted molar refractivity (Wildman–Crippen MR) is 151 cm³/mol. The average Bonchev–Trinajstić information content (AvgIpc) is 2.87. The molecular weight excluding hydrogens is 432 g/mol. The standard InChI is InChI=1S/C32H56O3/c1-4-7-10-13-16-17-20-23-31(33)30-25-24-29(34-26-21-18-14-11-8-5-2)28-32(30)35-27-22-19-15-12-9-6-3/h24-25,28H,4-23,26-27H2,1-3H3. The Morgan fingerprint density at radius 2 is 1.03 bits per heavy atom. The van der Waals surface area contributed by atoms with Gasteiger partial charge in [0.25, 0.3) is 0 Å². The lowest BCUT2D eigenvalue weighted by Crippen LogP contribution is -2.07. The maximum absolute atomic E-state index is 13.0. The Bertz CT molecular complexity index is 625. The first-order valence-electron chi connectivity index (χ1n) is 15.2. The van der Waals surface area contributed by atoms with Crippen molar-refractivity contribution in [3.63, 3.8) is 0 Å². The van der Waals surface area contributed by atoms with Crippen LogP contribution in [0.25, 0.3) is 0 Å². The Morgan fingerprint density at radius 1 is 0.571 bits per heavy atom. The highest BCUT2D eigenvalue weighted by Crippen LogP contribution is 2.28. The lowest BCUT2D eigenvalue weighted by atomic mass is 10.0.